The van der Waals surface area contributed by atoms with E-state index in [0.717, 1.165) is 11.1 Å². The molecule has 0 bridgehead atoms. The van der Waals surface area contributed by atoms with Crippen LogP contribution in [0.2, 0.25) is 0 Å². The number of carbonyl (C=O) groups is 1. The van der Waals surface area contributed by atoms with Crippen molar-refractivity contribution in [2.45, 2.75) is 18.2 Å². The molecule has 0 heterocycles. The molecule has 148 valence electrons. The molecule has 0 amide bonds. The van der Waals surface area contributed by atoms with Crippen molar-refractivity contribution < 1.29 is 17.9 Å². The molecule has 0 aromatic heterocycles. The monoisotopic (exact) mass is 412 g/mol. The van der Waals surface area contributed by atoms with Gasteiger partial charge < -0.3 is 10.5 Å². The third kappa shape index (κ3) is 5.77. The first-order valence-electron chi connectivity index (χ1n) is 8.33. The molecule has 6 nitrogen and oxygen atoms in total. The second-order valence-corrected chi connectivity index (χ2v) is 7.83. The highest BCUT2D eigenvalue weighted by Crippen LogP contribution is 2.23. The minimum Gasteiger partial charge on any atom is -0.465 e. The molecule has 0 saturated heterocycles. The highest BCUT2D eigenvalue weighted by molar-refractivity contribution is 7.89. The molecule has 2 aromatic rings. The van der Waals surface area contributed by atoms with Gasteiger partial charge in [-0.15, -0.1) is 12.4 Å². The Morgan fingerprint density at radius 2 is 1.78 bits per heavy atom. The number of hydrogen-bond acceptors (Lipinski definition) is 5. The van der Waals surface area contributed by atoms with Gasteiger partial charge in [0.2, 0.25) is 10.0 Å². The van der Waals surface area contributed by atoms with Crippen molar-refractivity contribution >= 4 is 28.4 Å². The Labute approximate surface area is 166 Å². The summed E-state index contributed by atoms with van der Waals surface area (Å²) in [7, 11) is -2.65. The van der Waals surface area contributed by atoms with Crippen LogP contribution in [0.4, 0.5) is 0 Å². The van der Waals surface area contributed by atoms with E-state index in [1.54, 1.807) is 13.0 Å². The molecule has 0 radical (unpaired) electrons. The molecule has 0 saturated carbocycles. The molecule has 2 aromatic carbocycles. The van der Waals surface area contributed by atoms with Crippen LogP contribution in [0.25, 0.3) is 0 Å². The zero-order valence-corrected chi connectivity index (χ0v) is 17.1. The van der Waals surface area contributed by atoms with Gasteiger partial charge in [-0.2, -0.15) is 4.31 Å². The molecule has 0 spiro atoms. The lowest BCUT2D eigenvalue weighted by atomic mass is 10.1. The summed E-state index contributed by atoms with van der Waals surface area (Å²) in [5.74, 6) is -0.678. The highest BCUT2D eigenvalue weighted by Gasteiger charge is 2.29. The number of hydrogen-bond donors (Lipinski definition) is 1. The SMILES string of the molecule is COC(=O)c1cc(C)ccc1S(=O)(=O)N(CCN)CCc1ccccc1.Cl. The van der Waals surface area contributed by atoms with Gasteiger partial charge in [0, 0.05) is 19.6 Å². The van der Waals surface area contributed by atoms with Crippen molar-refractivity contribution in [1.82, 2.24) is 4.31 Å². The van der Waals surface area contributed by atoms with Crippen LogP contribution in [0.15, 0.2) is 53.4 Å². The quantitative estimate of drug-likeness (QED) is 0.672. The number of halogens is 1. The number of methoxy groups -OCH3 is 1. The first-order chi connectivity index (χ1) is 12.4. The van der Waals surface area contributed by atoms with Crippen molar-refractivity contribution in [2.24, 2.45) is 5.73 Å². The lowest BCUT2D eigenvalue weighted by Gasteiger charge is -2.23. The van der Waals surface area contributed by atoms with E-state index >= 15 is 0 Å². The summed E-state index contributed by atoms with van der Waals surface area (Å²) in [5.41, 5.74) is 7.47. The van der Waals surface area contributed by atoms with Gasteiger partial charge in [-0.25, -0.2) is 13.2 Å². The van der Waals surface area contributed by atoms with E-state index in [9.17, 15) is 13.2 Å². The largest absolute Gasteiger partial charge is 0.465 e. The van der Waals surface area contributed by atoms with Crippen molar-refractivity contribution in [3.63, 3.8) is 0 Å². The molecule has 0 unspecified atom stereocenters. The van der Waals surface area contributed by atoms with Crippen LogP contribution in [0, 0.1) is 6.92 Å². The van der Waals surface area contributed by atoms with Gasteiger partial charge in [0.15, 0.2) is 0 Å². The number of sulfonamides is 1. The number of nitrogens with two attached hydrogens (primary N) is 1. The van der Waals surface area contributed by atoms with Crippen LogP contribution < -0.4 is 5.73 Å². The number of ether oxygens (including phenoxy) is 1. The number of benzene rings is 2. The van der Waals surface area contributed by atoms with E-state index in [4.69, 9.17) is 10.5 Å². The Morgan fingerprint density at radius 3 is 2.37 bits per heavy atom. The summed E-state index contributed by atoms with van der Waals surface area (Å²) in [6.45, 7) is 2.42. The number of rotatable bonds is 8. The third-order valence-corrected chi connectivity index (χ3v) is 5.99. The molecule has 0 fully saturated rings. The van der Waals surface area contributed by atoms with Crippen LogP contribution in [0.3, 0.4) is 0 Å². The van der Waals surface area contributed by atoms with Crippen molar-refractivity contribution in [1.29, 1.82) is 0 Å². The Hall–Kier alpha value is -1.93. The predicted octanol–water partition coefficient (Wildman–Crippen LogP) is 2.40. The van der Waals surface area contributed by atoms with E-state index in [-0.39, 0.29) is 42.5 Å². The van der Waals surface area contributed by atoms with E-state index in [0.29, 0.717) is 6.42 Å². The Morgan fingerprint density at radius 1 is 1.11 bits per heavy atom. The van der Waals surface area contributed by atoms with Crippen LogP contribution >= 0.6 is 12.4 Å². The van der Waals surface area contributed by atoms with Crippen LogP contribution in [-0.4, -0.2) is 45.4 Å². The highest BCUT2D eigenvalue weighted by atomic mass is 35.5. The lowest BCUT2D eigenvalue weighted by molar-refractivity contribution is 0.0596. The van der Waals surface area contributed by atoms with Gasteiger partial charge in [0.25, 0.3) is 0 Å². The fraction of sp³-hybridized carbons (Fsp3) is 0.316. The fourth-order valence-electron chi connectivity index (χ4n) is 2.67. The molecule has 0 aliphatic rings. The lowest BCUT2D eigenvalue weighted by Crippen LogP contribution is -2.37. The van der Waals surface area contributed by atoms with E-state index < -0.39 is 16.0 Å². The smallest absolute Gasteiger partial charge is 0.339 e. The summed E-state index contributed by atoms with van der Waals surface area (Å²) < 4.78 is 32.4. The molecule has 2 N–H and O–H groups in total. The van der Waals surface area contributed by atoms with Gasteiger partial charge in [0.05, 0.1) is 17.6 Å². The number of carbonyl (C=O) groups excluding carboxylic acids is 1. The Kier molecular flexibility index (Phi) is 8.92. The average Bonchev–Trinajstić information content (AvgIpc) is 2.64. The minimum atomic E-state index is -3.88. The van der Waals surface area contributed by atoms with Crippen molar-refractivity contribution in [3.8, 4) is 0 Å². The first-order valence-corrected chi connectivity index (χ1v) is 9.77. The van der Waals surface area contributed by atoms with Crippen LogP contribution in [0.1, 0.15) is 21.5 Å². The molecular weight excluding hydrogens is 388 g/mol. The average molecular weight is 413 g/mol. The normalized spacial score (nSPS) is 11.1. The second kappa shape index (κ2) is 10.4. The second-order valence-electron chi connectivity index (χ2n) is 5.92. The Bertz CT molecular complexity index is 857. The van der Waals surface area contributed by atoms with Crippen LogP contribution in [0.5, 0.6) is 0 Å². The number of nitrogens with zero attached hydrogens (tertiary/aromatic N) is 1. The summed E-state index contributed by atoms with van der Waals surface area (Å²) in [5, 5.41) is 0. The predicted molar refractivity (Wildman–Crippen MR) is 108 cm³/mol. The molecule has 2 rings (SSSR count). The Balaban J connectivity index is 0.00000364. The molecule has 27 heavy (non-hydrogen) atoms. The summed E-state index contributed by atoms with van der Waals surface area (Å²) in [4.78, 5) is 12.0. The first kappa shape index (κ1) is 23.1. The summed E-state index contributed by atoms with van der Waals surface area (Å²) in [6.07, 6.45) is 0.555. The molecule has 0 aliphatic carbocycles. The van der Waals surface area contributed by atoms with Gasteiger partial charge in [0.1, 0.15) is 0 Å². The van der Waals surface area contributed by atoms with Crippen LogP contribution in [-0.2, 0) is 21.2 Å². The summed E-state index contributed by atoms with van der Waals surface area (Å²) in [6, 6.07) is 14.3. The minimum absolute atomic E-state index is 0. The van der Waals surface area contributed by atoms with Gasteiger partial charge in [-0.3, -0.25) is 0 Å². The van der Waals surface area contributed by atoms with E-state index in [1.807, 2.05) is 30.3 Å². The molecule has 8 heteroatoms. The maximum atomic E-state index is 13.2. The van der Waals surface area contributed by atoms with Gasteiger partial charge >= 0.3 is 5.97 Å². The van der Waals surface area contributed by atoms with Gasteiger partial charge in [-0.1, -0.05) is 42.0 Å². The number of aryl methyl sites for hydroxylation is 1. The van der Waals surface area contributed by atoms with E-state index in [1.165, 1.54) is 23.5 Å². The zero-order chi connectivity index (χ0) is 19.2. The molecule has 0 atom stereocenters. The fourth-order valence-corrected chi connectivity index (χ4v) is 4.29. The third-order valence-electron chi connectivity index (χ3n) is 4.03. The number of esters is 1. The van der Waals surface area contributed by atoms with Crippen molar-refractivity contribution in [3.05, 3.63) is 65.2 Å². The summed E-state index contributed by atoms with van der Waals surface area (Å²) >= 11 is 0. The standard InChI is InChI=1S/C19H24N2O4S.ClH/c1-15-8-9-18(17(14-15)19(22)25-2)26(23,24)21(13-11-20)12-10-16-6-4-3-5-7-16;/h3-9,14H,10-13,20H2,1-2H3;1H. The van der Waals surface area contributed by atoms with Crippen molar-refractivity contribution in [2.75, 3.05) is 26.7 Å². The maximum absolute atomic E-state index is 13.2. The zero-order valence-electron chi connectivity index (χ0n) is 15.4. The molecule has 0 aliphatic heterocycles. The van der Waals surface area contributed by atoms with Gasteiger partial charge in [-0.05, 0) is 31.0 Å². The molecular formula is C19H25ClN2O4S. The van der Waals surface area contributed by atoms with E-state index in [2.05, 4.69) is 0 Å². The maximum Gasteiger partial charge on any atom is 0.339 e. The topological polar surface area (TPSA) is 89.7 Å².